The van der Waals surface area contributed by atoms with Crippen LogP contribution in [0.2, 0.25) is 0 Å². The summed E-state index contributed by atoms with van der Waals surface area (Å²) in [5.74, 6) is 0.760. The van der Waals surface area contributed by atoms with Crippen molar-refractivity contribution in [3.05, 3.63) is 57.5 Å². The summed E-state index contributed by atoms with van der Waals surface area (Å²) in [7, 11) is 1.62. The zero-order valence-electron chi connectivity index (χ0n) is 11.7. The third-order valence-electron chi connectivity index (χ3n) is 3.13. The van der Waals surface area contributed by atoms with Gasteiger partial charge in [0.05, 0.1) is 27.4 Å². The Balaban J connectivity index is 2.03. The summed E-state index contributed by atoms with van der Waals surface area (Å²) in [5.41, 5.74) is 2.39. The van der Waals surface area contributed by atoms with Crippen LogP contribution in [0.5, 0.6) is 5.75 Å². The third-order valence-corrected chi connectivity index (χ3v) is 4.82. The van der Waals surface area contributed by atoms with Gasteiger partial charge in [-0.05, 0) is 51.8 Å². The lowest BCUT2D eigenvalue weighted by atomic mass is 10.1. The van der Waals surface area contributed by atoms with E-state index in [0.717, 1.165) is 31.0 Å². The molecule has 108 valence electrons. The van der Waals surface area contributed by atoms with Crippen molar-refractivity contribution in [2.45, 2.75) is 0 Å². The molecular weight excluding hydrogens is 360 g/mol. The Labute approximate surface area is 140 Å². The molecule has 0 fully saturated rings. The Morgan fingerprint density at radius 1 is 1.32 bits per heavy atom. The minimum Gasteiger partial charge on any atom is -0.496 e. The molecule has 0 aliphatic rings. The standard InChI is InChI=1S/C17H11BrN2OS/c1-21-15-7-6-11(9-13(15)18)8-12(10-19)17-20-14-4-2-3-5-16(14)22-17/h2-9H,1H3. The van der Waals surface area contributed by atoms with Gasteiger partial charge in [-0.3, -0.25) is 0 Å². The molecule has 1 heterocycles. The summed E-state index contributed by atoms with van der Waals surface area (Å²) in [6, 6.07) is 15.8. The summed E-state index contributed by atoms with van der Waals surface area (Å²) in [6.45, 7) is 0. The van der Waals surface area contributed by atoms with E-state index in [1.165, 1.54) is 11.3 Å². The lowest BCUT2D eigenvalue weighted by Crippen LogP contribution is -1.85. The molecule has 5 heteroatoms. The van der Waals surface area contributed by atoms with Crippen LogP contribution in [0.4, 0.5) is 0 Å². The number of ether oxygens (including phenoxy) is 1. The van der Waals surface area contributed by atoms with Crippen LogP contribution in [0.15, 0.2) is 46.9 Å². The highest BCUT2D eigenvalue weighted by atomic mass is 79.9. The molecule has 1 aromatic heterocycles. The number of rotatable bonds is 3. The maximum Gasteiger partial charge on any atom is 0.135 e. The second-order valence-electron chi connectivity index (χ2n) is 4.55. The number of nitriles is 1. The van der Waals surface area contributed by atoms with Crippen LogP contribution in [-0.2, 0) is 0 Å². The van der Waals surface area contributed by atoms with E-state index in [4.69, 9.17) is 4.74 Å². The van der Waals surface area contributed by atoms with Gasteiger partial charge in [-0.15, -0.1) is 11.3 Å². The van der Waals surface area contributed by atoms with Gasteiger partial charge in [0, 0.05) is 0 Å². The van der Waals surface area contributed by atoms with Crippen molar-refractivity contribution in [3.63, 3.8) is 0 Å². The third kappa shape index (κ3) is 2.89. The number of hydrogen-bond donors (Lipinski definition) is 0. The van der Waals surface area contributed by atoms with E-state index >= 15 is 0 Å². The predicted octanol–water partition coefficient (Wildman–Crippen LogP) is 5.13. The first kappa shape index (κ1) is 14.8. The fraction of sp³-hybridized carbons (Fsp3) is 0.0588. The van der Waals surface area contributed by atoms with Crippen molar-refractivity contribution < 1.29 is 4.74 Å². The van der Waals surface area contributed by atoms with Gasteiger partial charge in [0.15, 0.2) is 0 Å². The maximum absolute atomic E-state index is 9.45. The van der Waals surface area contributed by atoms with Crippen LogP contribution in [0.25, 0.3) is 21.9 Å². The number of benzene rings is 2. The first-order chi connectivity index (χ1) is 10.7. The second-order valence-corrected chi connectivity index (χ2v) is 6.44. The first-order valence-corrected chi connectivity index (χ1v) is 8.13. The molecule has 0 bridgehead atoms. The highest BCUT2D eigenvalue weighted by Crippen LogP contribution is 2.30. The highest BCUT2D eigenvalue weighted by molar-refractivity contribution is 9.10. The van der Waals surface area contributed by atoms with Crippen molar-refractivity contribution in [3.8, 4) is 11.8 Å². The largest absolute Gasteiger partial charge is 0.496 e. The average molecular weight is 371 g/mol. The van der Waals surface area contributed by atoms with Gasteiger partial charge < -0.3 is 4.74 Å². The molecule has 0 N–H and O–H groups in total. The fourth-order valence-corrected chi connectivity index (χ4v) is 3.56. The molecule has 3 nitrogen and oxygen atoms in total. The maximum atomic E-state index is 9.45. The topological polar surface area (TPSA) is 45.9 Å². The van der Waals surface area contributed by atoms with Gasteiger partial charge >= 0.3 is 0 Å². The number of halogens is 1. The van der Waals surface area contributed by atoms with Crippen LogP contribution in [0.3, 0.4) is 0 Å². The number of para-hydroxylation sites is 1. The lowest BCUT2D eigenvalue weighted by molar-refractivity contribution is 0.412. The zero-order valence-corrected chi connectivity index (χ0v) is 14.1. The van der Waals surface area contributed by atoms with Crippen LogP contribution in [-0.4, -0.2) is 12.1 Å². The normalized spacial score (nSPS) is 11.4. The minimum absolute atomic E-state index is 0.554. The van der Waals surface area contributed by atoms with Crippen molar-refractivity contribution in [1.29, 1.82) is 5.26 Å². The molecule has 0 aliphatic carbocycles. The van der Waals surface area contributed by atoms with Gasteiger partial charge in [0.1, 0.15) is 16.8 Å². The number of allylic oxidation sites excluding steroid dienone is 1. The smallest absolute Gasteiger partial charge is 0.135 e. The molecule has 2 aromatic carbocycles. The summed E-state index contributed by atoms with van der Waals surface area (Å²) in [4.78, 5) is 4.53. The number of fused-ring (bicyclic) bond motifs is 1. The molecule has 0 saturated heterocycles. The number of nitrogens with zero attached hydrogens (tertiary/aromatic N) is 2. The molecule has 3 aromatic rings. The molecule has 0 saturated carbocycles. The predicted molar refractivity (Wildman–Crippen MR) is 93.8 cm³/mol. The SMILES string of the molecule is COc1ccc(C=C(C#N)c2nc3ccccc3s2)cc1Br. The van der Waals surface area contributed by atoms with Gasteiger partial charge in [-0.1, -0.05) is 18.2 Å². The van der Waals surface area contributed by atoms with E-state index in [0.29, 0.717) is 5.57 Å². The molecule has 0 amide bonds. The van der Waals surface area contributed by atoms with E-state index in [9.17, 15) is 5.26 Å². The van der Waals surface area contributed by atoms with Crippen LogP contribution < -0.4 is 4.74 Å². The number of aromatic nitrogens is 1. The van der Waals surface area contributed by atoms with E-state index in [1.807, 2.05) is 48.5 Å². The van der Waals surface area contributed by atoms with Gasteiger partial charge in [-0.25, -0.2) is 4.98 Å². The first-order valence-electron chi connectivity index (χ1n) is 6.52. The molecule has 0 unspecified atom stereocenters. The van der Waals surface area contributed by atoms with Crippen molar-refractivity contribution in [2.75, 3.05) is 7.11 Å². The zero-order chi connectivity index (χ0) is 15.5. The molecule has 0 aliphatic heterocycles. The number of hydrogen-bond acceptors (Lipinski definition) is 4. The van der Waals surface area contributed by atoms with Gasteiger partial charge in [0.25, 0.3) is 0 Å². The molecule has 0 radical (unpaired) electrons. The summed E-state index contributed by atoms with van der Waals surface area (Å²) < 4.78 is 7.14. The molecule has 0 atom stereocenters. The number of methoxy groups -OCH3 is 1. The molecule has 0 spiro atoms. The Bertz CT molecular complexity index is 875. The highest BCUT2D eigenvalue weighted by Gasteiger charge is 2.09. The lowest BCUT2D eigenvalue weighted by Gasteiger charge is -2.03. The van der Waals surface area contributed by atoms with E-state index in [2.05, 4.69) is 27.0 Å². The Kier molecular flexibility index (Phi) is 4.23. The van der Waals surface area contributed by atoms with E-state index in [1.54, 1.807) is 7.11 Å². The van der Waals surface area contributed by atoms with Crippen LogP contribution in [0, 0.1) is 11.3 Å². The average Bonchev–Trinajstić information content (AvgIpc) is 2.96. The molecule has 22 heavy (non-hydrogen) atoms. The van der Waals surface area contributed by atoms with Gasteiger partial charge in [0.2, 0.25) is 0 Å². The molecule has 3 rings (SSSR count). The quantitative estimate of drug-likeness (QED) is 0.600. The van der Waals surface area contributed by atoms with E-state index in [-0.39, 0.29) is 0 Å². The van der Waals surface area contributed by atoms with Crippen molar-refractivity contribution >= 4 is 49.1 Å². The summed E-state index contributed by atoms with van der Waals surface area (Å²) in [5, 5.41) is 10.2. The Hall–Kier alpha value is -2.16. The van der Waals surface area contributed by atoms with Crippen molar-refractivity contribution in [2.24, 2.45) is 0 Å². The van der Waals surface area contributed by atoms with Crippen LogP contribution >= 0.6 is 27.3 Å². The van der Waals surface area contributed by atoms with E-state index < -0.39 is 0 Å². The Morgan fingerprint density at radius 3 is 2.82 bits per heavy atom. The fourth-order valence-electron chi connectivity index (χ4n) is 2.07. The minimum atomic E-state index is 0.554. The van der Waals surface area contributed by atoms with Crippen molar-refractivity contribution in [1.82, 2.24) is 4.98 Å². The van der Waals surface area contributed by atoms with Gasteiger partial charge in [-0.2, -0.15) is 5.26 Å². The Morgan fingerprint density at radius 2 is 2.14 bits per heavy atom. The van der Waals surface area contributed by atoms with Crippen LogP contribution in [0.1, 0.15) is 10.6 Å². The number of thiazole rings is 1. The summed E-state index contributed by atoms with van der Waals surface area (Å²) >= 11 is 4.98. The second kappa shape index (κ2) is 6.30. The summed E-state index contributed by atoms with van der Waals surface area (Å²) in [6.07, 6.45) is 1.84. The molecular formula is C17H11BrN2OS. The monoisotopic (exact) mass is 370 g/mol.